The highest BCUT2D eigenvalue weighted by Crippen LogP contribution is 2.38. The summed E-state index contributed by atoms with van der Waals surface area (Å²) in [5.41, 5.74) is 1.65. The van der Waals surface area contributed by atoms with Crippen molar-refractivity contribution in [3.05, 3.63) is 53.5 Å². The van der Waals surface area contributed by atoms with E-state index in [0.29, 0.717) is 42.1 Å². The highest BCUT2D eigenvalue weighted by atomic mass is 32.2. The van der Waals surface area contributed by atoms with Gasteiger partial charge in [-0.3, -0.25) is 9.59 Å². The Bertz CT molecular complexity index is 1630. The van der Waals surface area contributed by atoms with Gasteiger partial charge in [-0.2, -0.15) is 0 Å². The molecule has 2 saturated carbocycles. The van der Waals surface area contributed by atoms with Crippen LogP contribution in [0.3, 0.4) is 0 Å². The average Bonchev–Trinajstić information content (AvgIpc) is 3.20. The zero-order valence-electron chi connectivity index (χ0n) is 24.7. The molecule has 2 aliphatic carbocycles. The highest BCUT2D eigenvalue weighted by molar-refractivity contribution is 7.89. The maximum absolute atomic E-state index is 15.7. The molecule has 0 unspecified atom stereocenters. The number of aliphatic carboxylic acids is 1. The Morgan fingerprint density at radius 1 is 1.07 bits per heavy atom. The van der Waals surface area contributed by atoms with Gasteiger partial charge < -0.3 is 15.0 Å². The molecule has 5 rings (SSSR count). The molecule has 10 heteroatoms. The van der Waals surface area contributed by atoms with Crippen LogP contribution in [0.25, 0.3) is 22.0 Å². The van der Waals surface area contributed by atoms with Crippen LogP contribution in [0.4, 0.5) is 4.39 Å². The van der Waals surface area contributed by atoms with Gasteiger partial charge in [0.25, 0.3) is 5.91 Å². The largest absolute Gasteiger partial charge is 0.481 e. The predicted octanol–water partition coefficient (Wildman–Crippen LogP) is 6.01. The summed E-state index contributed by atoms with van der Waals surface area (Å²) < 4.78 is 47.2. The van der Waals surface area contributed by atoms with Crippen molar-refractivity contribution < 1.29 is 27.5 Å². The lowest BCUT2D eigenvalue weighted by Gasteiger charge is -2.32. The van der Waals surface area contributed by atoms with Crippen LogP contribution < -0.4 is 10.0 Å². The fourth-order valence-electron chi connectivity index (χ4n) is 6.40. The fourth-order valence-corrected chi connectivity index (χ4v) is 8.03. The Morgan fingerprint density at radius 3 is 2.40 bits per heavy atom. The summed E-state index contributed by atoms with van der Waals surface area (Å²) in [5, 5.41) is 12.6. The van der Waals surface area contributed by atoms with E-state index in [9.17, 15) is 23.1 Å². The number of aromatic nitrogens is 1. The molecule has 0 radical (unpaired) electrons. The molecule has 226 valence electrons. The van der Waals surface area contributed by atoms with E-state index in [0.717, 1.165) is 31.4 Å². The first-order valence-electron chi connectivity index (χ1n) is 14.7. The molecule has 1 amide bonds. The second-order valence-corrected chi connectivity index (χ2v) is 14.6. The number of fused-ring (bicyclic) bond motifs is 1. The Balaban J connectivity index is 1.61. The van der Waals surface area contributed by atoms with Gasteiger partial charge in [0.05, 0.1) is 16.4 Å². The van der Waals surface area contributed by atoms with Crippen LogP contribution in [-0.2, 0) is 21.4 Å². The first-order valence-corrected chi connectivity index (χ1v) is 16.2. The van der Waals surface area contributed by atoms with Crippen LogP contribution in [0.1, 0.15) is 81.8 Å². The van der Waals surface area contributed by atoms with Crippen LogP contribution in [-0.4, -0.2) is 41.5 Å². The van der Waals surface area contributed by atoms with Gasteiger partial charge in [-0.25, -0.2) is 17.5 Å². The number of carbonyl (C=O) groups is 2. The lowest BCUT2D eigenvalue weighted by atomic mass is 9.80. The Hall–Kier alpha value is -3.24. The van der Waals surface area contributed by atoms with Gasteiger partial charge in [0.1, 0.15) is 5.82 Å². The van der Waals surface area contributed by atoms with E-state index >= 15 is 4.39 Å². The minimum absolute atomic E-state index is 0.00582. The summed E-state index contributed by atoms with van der Waals surface area (Å²) in [4.78, 5) is 24.7. The fraction of sp³-hybridized carbons (Fsp3) is 0.500. The Labute approximate surface area is 246 Å². The minimum Gasteiger partial charge on any atom is -0.481 e. The molecule has 42 heavy (non-hydrogen) atoms. The number of nitrogens with zero attached hydrogens (tertiary/aromatic N) is 1. The van der Waals surface area contributed by atoms with E-state index in [1.54, 1.807) is 39.0 Å². The average molecular weight is 598 g/mol. The van der Waals surface area contributed by atoms with Crippen LogP contribution in [0.15, 0.2) is 41.3 Å². The van der Waals surface area contributed by atoms with Crippen molar-refractivity contribution in [3.8, 4) is 11.3 Å². The van der Waals surface area contributed by atoms with E-state index < -0.39 is 33.3 Å². The van der Waals surface area contributed by atoms with Gasteiger partial charge in [-0.15, -0.1) is 0 Å². The summed E-state index contributed by atoms with van der Waals surface area (Å²) in [6.45, 7) is 7.80. The Kier molecular flexibility index (Phi) is 8.24. The van der Waals surface area contributed by atoms with Gasteiger partial charge >= 0.3 is 5.97 Å². The summed E-state index contributed by atoms with van der Waals surface area (Å²) >= 11 is 0. The van der Waals surface area contributed by atoms with Crippen LogP contribution >= 0.6 is 0 Å². The van der Waals surface area contributed by atoms with E-state index in [1.165, 1.54) is 24.6 Å². The van der Waals surface area contributed by atoms with Crippen molar-refractivity contribution in [2.75, 3.05) is 0 Å². The Morgan fingerprint density at radius 2 is 1.76 bits per heavy atom. The number of hydrogen-bond donors (Lipinski definition) is 3. The summed E-state index contributed by atoms with van der Waals surface area (Å²) in [6, 6.07) is 9.16. The number of carboxylic acid groups (broad SMARTS) is 1. The van der Waals surface area contributed by atoms with Crippen molar-refractivity contribution in [2.24, 2.45) is 11.8 Å². The number of carboxylic acids is 1. The third-order valence-corrected chi connectivity index (χ3v) is 10.4. The minimum atomic E-state index is -3.96. The number of sulfonamides is 1. The molecule has 3 aromatic rings. The van der Waals surface area contributed by atoms with Crippen molar-refractivity contribution in [1.82, 2.24) is 14.6 Å². The number of benzene rings is 2. The van der Waals surface area contributed by atoms with Crippen molar-refractivity contribution in [1.29, 1.82) is 0 Å². The van der Waals surface area contributed by atoms with Gasteiger partial charge in [0.2, 0.25) is 10.0 Å². The van der Waals surface area contributed by atoms with Crippen molar-refractivity contribution in [2.45, 2.75) is 95.7 Å². The summed E-state index contributed by atoms with van der Waals surface area (Å²) in [7, 11) is -3.96. The van der Waals surface area contributed by atoms with Crippen LogP contribution in [0, 0.1) is 24.6 Å². The molecule has 1 heterocycles. The number of amides is 1. The predicted molar refractivity (Wildman–Crippen MR) is 160 cm³/mol. The summed E-state index contributed by atoms with van der Waals surface area (Å²) in [6.07, 6.45) is 6.42. The molecule has 0 bridgehead atoms. The number of carbonyl (C=O) groups excluding carboxylic acids is 1. The molecule has 0 saturated heterocycles. The lowest BCUT2D eigenvalue weighted by Crippen LogP contribution is -2.46. The topological polar surface area (TPSA) is 118 Å². The normalized spacial score (nSPS) is 19.9. The third-order valence-electron chi connectivity index (χ3n) is 8.55. The van der Waals surface area contributed by atoms with Crippen LogP contribution in [0.2, 0.25) is 0 Å². The highest BCUT2D eigenvalue weighted by Gasteiger charge is 2.36. The zero-order valence-corrected chi connectivity index (χ0v) is 25.5. The smallest absolute Gasteiger partial charge is 0.306 e. The summed E-state index contributed by atoms with van der Waals surface area (Å²) in [5.74, 6) is -1.72. The first kappa shape index (κ1) is 30.2. The van der Waals surface area contributed by atoms with E-state index in [-0.39, 0.29) is 27.6 Å². The van der Waals surface area contributed by atoms with E-state index in [1.807, 2.05) is 6.92 Å². The number of nitrogens with one attached hydrogen (secondary N) is 2. The van der Waals surface area contributed by atoms with Crippen molar-refractivity contribution in [3.63, 3.8) is 0 Å². The monoisotopic (exact) mass is 597 g/mol. The standard InChI is InChI=1S/C32H40FN3O5S/c1-19-25(30(37)34-22-15-21(16-22)31(38)39)17-27(36(19)18-20-9-6-5-7-10-20)23-13-14-28(42(40,41)35-32(2,3)4)24-11-8-12-26(33)29(23)24/h8,11-14,17,20-22,35H,5-7,9-10,15-16,18H2,1-4H3,(H,34,37)(H,38,39)/t21-,22-. The molecular weight excluding hydrogens is 557 g/mol. The molecule has 1 aromatic heterocycles. The molecule has 2 fully saturated rings. The van der Waals surface area contributed by atoms with Gasteiger partial charge in [0, 0.05) is 45.8 Å². The SMILES string of the molecule is Cc1c(C(=O)N[C@H]2C[C@H](C(=O)O)C2)cc(-c2ccc(S(=O)(=O)NC(C)(C)C)c3cccc(F)c23)n1CC1CCCCC1. The number of halogens is 1. The first-order chi connectivity index (χ1) is 19.7. The van der Waals surface area contributed by atoms with Gasteiger partial charge in [-0.1, -0.05) is 37.5 Å². The number of hydrogen-bond acceptors (Lipinski definition) is 4. The van der Waals surface area contributed by atoms with E-state index in [2.05, 4.69) is 14.6 Å². The molecular formula is C32H40FN3O5S. The maximum Gasteiger partial charge on any atom is 0.306 e. The van der Waals surface area contributed by atoms with Crippen LogP contribution in [0.5, 0.6) is 0 Å². The lowest BCUT2D eigenvalue weighted by molar-refractivity contribution is -0.145. The van der Waals surface area contributed by atoms with Crippen molar-refractivity contribution >= 4 is 32.7 Å². The maximum atomic E-state index is 15.7. The third kappa shape index (κ3) is 6.10. The molecule has 8 nitrogen and oxygen atoms in total. The quantitative estimate of drug-likeness (QED) is 0.294. The second-order valence-electron chi connectivity index (χ2n) is 12.9. The zero-order chi connectivity index (χ0) is 30.4. The molecule has 2 aliphatic rings. The molecule has 3 N–H and O–H groups in total. The van der Waals surface area contributed by atoms with E-state index in [4.69, 9.17) is 0 Å². The molecule has 0 spiro atoms. The molecule has 0 atom stereocenters. The second kappa shape index (κ2) is 11.4. The molecule has 2 aromatic carbocycles. The van der Waals surface area contributed by atoms with Gasteiger partial charge in [-0.05, 0) is 77.5 Å². The van der Waals surface area contributed by atoms with Gasteiger partial charge in [0.15, 0.2) is 0 Å². The number of rotatable bonds is 8. The molecule has 0 aliphatic heterocycles.